The Morgan fingerprint density at radius 1 is 1.29 bits per heavy atom. The topological polar surface area (TPSA) is 51.0 Å². The Hall–Kier alpha value is -1.20. The fraction of sp³-hybridized carbons (Fsp3) is 0.273. The number of hydrogen-bond donors (Lipinski definition) is 1. The number of rotatable bonds is 5. The molecule has 0 aliphatic rings. The van der Waals surface area contributed by atoms with E-state index in [1.807, 2.05) is 24.3 Å². The van der Waals surface area contributed by atoms with Gasteiger partial charge in [-0.1, -0.05) is 23.4 Å². The van der Waals surface area contributed by atoms with Gasteiger partial charge in [-0.2, -0.15) is 0 Å². The molecule has 1 aromatic carbocycles. The van der Waals surface area contributed by atoms with Crippen LogP contribution >= 0.6 is 23.4 Å². The third-order valence-electron chi connectivity index (χ3n) is 2.01. The van der Waals surface area contributed by atoms with Gasteiger partial charge in [0.25, 0.3) is 5.22 Å². The Balaban J connectivity index is 1.71. The van der Waals surface area contributed by atoms with E-state index < -0.39 is 0 Å². The molecule has 90 valence electrons. The van der Waals surface area contributed by atoms with Gasteiger partial charge in [0.15, 0.2) is 0 Å². The zero-order valence-electron chi connectivity index (χ0n) is 9.31. The van der Waals surface area contributed by atoms with Crippen LogP contribution in [0.2, 0.25) is 5.02 Å². The van der Waals surface area contributed by atoms with Gasteiger partial charge in [0.2, 0.25) is 5.89 Å². The highest BCUT2D eigenvalue weighted by Gasteiger charge is 2.01. The molecule has 6 heteroatoms. The molecule has 17 heavy (non-hydrogen) atoms. The average Bonchev–Trinajstić information content (AvgIpc) is 2.73. The van der Waals surface area contributed by atoms with Crippen molar-refractivity contribution in [3.05, 3.63) is 35.2 Å². The summed E-state index contributed by atoms with van der Waals surface area (Å²) < 4.78 is 5.25. The fourth-order valence-corrected chi connectivity index (χ4v) is 2.02. The van der Waals surface area contributed by atoms with Gasteiger partial charge in [0.1, 0.15) is 0 Å². The standard InChI is InChI=1S/C11H12ClN3OS/c1-8-14-15-11(16-8)17-7-6-13-10-4-2-9(12)3-5-10/h2-5,13H,6-7H2,1H3. The van der Waals surface area contributed by atoms with Crippen molar-refractivity contribution in [1.82, 2.24) is 10.2 Å². The molecule has 0 aliphatic heterocycles. The molecule has 0 unspecified atom stereocenters. The predicted octanol–water partition coefficient (Wildman–Crippen LogP) is 3.24. The summed E-state index contributed by atoms with van der Waals surface area (Å²) in [4.78, 5) is 0. The van der Waals surface area contributed by atoms with Gasteiger partial charge in [0.05, 0.1) is 0 Å². The van der Waals surface area contributed by atoms with Crippen molar-refractivity contribution in [1.29, 1.82) is 0 Å². The molecule has 2 rings (SSSR count). The molecule has 0 spiro atoms. The van der Waals surface area contributed by atoms with Crippen LogP contribution in [0.4, 0.5) is 5.69 Å². The molecule has 4 nitrogen and oxygen atoms in total. The van der Waals surface area contributed by atoms with Crippen LogP contribution in [0.15, 0.2) is 33.9 Å². The summed E-state index contributed by atoms with van der Waals surface area (Å²) in [6, 6.07) is 7.62. The molecule has 2 aromatic rings. The van der Waals surface area contributed by atoms with Crippen molar-refractivity contribution >= 4 is 29.1 Å². The number of aryl methyl sites for hydroxylation is 1. The van der Waals surface area contributed by atoms with Crippen LogP contribution in [0, 0.1) is 6.92 Å². The van der Waals surface area contributed by atoms with E-state index in [0.29, 0.717) is 11.1 Å². The fourth-order valence-electron chi connectivity index (χ4n) is 1.24. The van der Waals surface area contributed by atoms with Crippen LogP contribution in [-0.2, 0) is 0 Å². The van der Waals surface area contributed by atoms with Crippen LogP contribution in [0.25, 0.3) is 0 Å². The van der Waals surface area contributed by atoms with Crippen molar-refractivity contribution in [2.24, 2.45) is 0 Å². The molecule has 0 saturated carbocycles. The van der Waals surface area contributed by atoms with Crippen LogP contribution in [0.3, 0.4) is 0 Å². The highest BCUT2D eigenvalue weighted by Crippen LogP contribution is 2.16. The molecule has 1 heterocycles. The third kappa shape index (κ3) is 3.94. The quantitative estimate of drug-likeness (QED) is 0.667. The minimum atomic E-state index is 0.596. The molecule has 0 saturated heterocycles. The van der Waals surface area contributed by atoms with E-state index in [4.69, 9.17) is 16.0 Å². The zero-order chi connectivity index (χ0) is 12.1. The molecule has 1 N–H and O–H groups in total. The smallest absolute Gasteiger partial charge is 0.276 e. The number of benzene rings is 1. The molecule has 0 atom stereocenters. The van der Waals surface area contributed by atoms with Gasteiger partial charge in [-0.05, 0) is 24.3 Å². The van der Waals surface area contributed by atoms with Crippen LogP contribution in [0.5, 0.6) is 0 Å². The summed E-state index contributed by atoms with van der Waals surface area (Å²) in [6.07, 6.45) is 0. The van der Waals surface area contributed by atoms with E-state index in [2.05, 4.69) is 15.5 Å². The number of nitrogens with one attached hydrogen (secondary N) is 1. The maximum Gasteiger partial charge on any atom is 0.276 e. The van der Waals surface area contributed by atoms with Gasteiger partial charge >= 0.3 is 0 Å². The number of thioether (sulfide) groups is 1. The van der Waals surface area contributed by atoms with Gasteiger partial charge in [-0.3, -0.25) is 0 Å². The van der Waals surface area contributed by atoms with E-state index in [0.717, 1.165) is 23.0 Å². The maximum absolute atomic E-state index is 5.80. The van der Waals surface area contributed by atoms with Gasteiger partial charge < -0.3 is 9.73 Å². The summed E-state index contributed by atoms with van der Waals surface area (Å²) in [6.45, 7) is 2.61. The number of hydrogen-bond acceptors (Lipinski definition) is 5. The molecular weight excluding hydrogens is 258 g/mol. The van der Waals surface area contributed by atoms with Crippen molar-refractivity contribution in [3.8, 4) is 0 Å². The lowest BCUT2D eigenvalue weighted by Gasteiger charge is -2.04. The second-order valence-electron chi connectivity index (χ2n) is 3.37. The first-order valence-electron chi connectivity index (χ1n) is 5.16. The molecule has 1 aromatic heterocycles. The number of aromatic nitrogens is 2. The lowest BCUT2D eigenvalue weighted by atomic mass is 10.3. The normalized spacial score (nSPS) is 10.5. The van der Waals surface area contributed by atoms with Gasteiger partial charge in [0, 0.05) is 29.9 Å². The van der Waals surface area contributed by atoms with Crippen LogP contribution in [0.1, 0.15) is 5.89 Å². The molecular formula is C11H12ClN3OS. The average molecular weight is 270 g/mol. The first-order chi connectivity index (χ1) is 8.24. The molecule has 0 amide bonds. The Morgan fingerprint density at radius 3 is 2.71 bits per heavy atom. The van der Waals surface area contributed by atoms with Gasteiger partial charge in [-0.15, -0.1) is 10.2 Å². The second-order valence-corrected chi connectivity index (χ2v) is 4.85. The van der Waals surface area contributed by atoms with Crippen molar-refractivity contribution in [3.63, 3.8) is 0 Å². The highest BCUT2D eigenvalue weighted by atomic mass is 35.5. The molecule has 0 fully saturated rings. The van der Waals surface area contributed by atoms with Crippen molar-refractivity contribution in [2.75, 3.05) is 17.6 Å². The third-order valence-corrected chi connectivity index (χ3v) is 3.08. The first-order valence-corrected chi connectivity index (χ1v) is 6.53. The van der Waals surface area contributed by atoms with E-state index in [9.17, 15) is 0 Å². The van der Waals surface area contributed by atoms with E-state index >= 15 is 0 Å². The monoisotopic (exact) mass is 269 g/mol. The van der Waals surface area contributed by atoms with Crippen molar-refractivity contribution in [2.45, 2.75) is 12.1 Å². The molecule has 0 radical (unpaired) electrons. The predicted molar refractivity (Wildman–Crippen MR) is 69.7 cm³/mol. The number of anilines is 1. The SMILES string of the molecule is Cc1nnc(SCCNc2ccc(Cl)cc2)o1. The van der Waals surface area contributed by atoms with E-state index in [1.54, 1.807) is 6.92 Å². The first kappa shape index (κ1) is 12.3. The minimum absolute atomic E-state index is 0.596. The summed E-state index contributed by atoms with van der Waals surface area (Å²) in [5, 5.41) is 12.3. The molecule has 0 bridgehead atoms. The highest BCUT2D eigenvalue weighted by molar-refractivity contribution is 7.99. The lowest BCUT2D eigenvalue weighted by molar-refractivity contribution is 0.429. The summed E-state index contributed by atoms with van der Waals surface area (Å²) in [5.41, 5.74) is 1.05. The number of halogens is 1. The second kappa shape index (κ2) is 5.93. The van der Waals surface area contributed by atoms with E-state index in [-0.39, 0.29) is 0 Å². The minimum Gasteiger partial charge on any atom is -0.416 e. The van der Waals surface area contributed by atoms with Crippen LogP contribution < -0.4 is 5.32 Å². The largest absolute Gasteiger partial charge is 0.416 e. The summed E-state index contributed by atoms with van der Waals surface area (Å²) >= 11 is 7.33. The Labute approximate surface area is 109 Å². The van der Waals surface area contributed by atoms with Gasteiger partial charge in [-0.25, -0.2) is 0 Å². The Morgan fingerprint density at radius 2 is 2.06 bits per heavy atom. The summed E-state index contributed by atoms with van der Waals surface area (Å²) in [5.74, 6) is 1.46. The Kier molecular flexibility index (Phi) is 4.28. The Bertz CT molecular complexity index is 472. The summed E-state index contributed by atoms with van der Waals surface area (Å²) in [7, 11) is 0. The number of nitrogens with zero attached hydrogens (tertiary/aromatic N) is 2. The molecule has 0 aliphatic carbocycles. The maximum atomic E-state index is 5.80. The zero-order valence-corrected chi connectivity index (χ0v) is 10.9. The lowest BCUT2D eigenvalue weighted by Crippen LogP contribution is -2.03. The van der Waals surface area contributed by atoms with Crippen LogP contribution in [-0.4, -0.2) is 22.5 Å². The van der Waals surface area contributed by atoms with E-state index in [1.165, 1.54) is 11.8 Å². The van der Waals surface area contributed by atoms with Crippen molar-refractivity contribution < 1.29 is 4.42 Å².